The third-order valence-corrected chi connectivity index (χ3v) is 10.9. The molecule has 0 saturated carbocycles. The summed E-state index contributed by atoms with van der Waals surface area (Å²) in [5, 5.41) is 47.6. The Morgan fingerprint density at radius 1 is 0.706 bits per heavy atom. The first-order chi connectivity index (χ1) is 31.7. The molecule has 0 aromatic heterocycles. The van der Waals surface area contributed by atoms with Crippen LogP contribution in [0.4, 0.5) is 0 Å². The fraction of sp³-hybridized carbons (Fsp3) is 0.636. The van der Waals surface area contributed by atoms with Crippen LogP contribution in [0.3, 0.4) is 0 Å². The summed E-state index contributed by atoms with van der Waals surface area (Å²) in [4.78, 5) is 125. The number of carbonyl (C=O) groups is 9. The zero-order valence-electron chi connectivity index (χ0n) is 40.0. The molecule has 24 nitrogen and oxygen atoms in total. The zero-order valence-corrected chi connectivity index (χ0v) is 40.0. The van der Waals surface area contributed by atoms with E-state index in [1.165, 1.54) is 56.9 Å². The van der Waals surface area contributed by atoms with Crippen LogP contribution in [0.25, 0.3) is 0 Å². The molecule has 1 saturated heterocycles. The molecule has 380 valence electrons. The second-order valence-corrected chi connectivity index (χ2v) is 17.9. The normalized spacial score (nSPS) is 17.4. The molecule has 1 heterocycles. The van der Waals surface area contributed by atoms with E-state index in [0.29, 0.717) is 18.4 Å². The molecule has 10 atom stereocenters. The Morgan fingerprint density at radius 2 is 1.25 bits per heavy atom. The number of benzene rings is 1. The number of phenols is 1. The number of carboxylic acids is 1. The van der Waals surface area contributed by atoms with Crippen molar-refractivity contribution in [2.24, 2.45) is 34.0 Å². The SMILES string of the molecule is CC(C)C[C@H](NC(=O)[C@H](C)NC(=O)[C@@H](NC(=O)[C@@H](NC(=O)[C@H](Cc1ccc(O)cc1)NC(=O)[C@H](CCCN=C(N)N)NC(=O)[C@@H]1CCCN1C(=O)[C@H](C)N)[C@@H](C)O)C(C)C)C(=O)N[C@@H](C)C(=O)O. The second kappa shape index (κ2) is 27.3. The van der Waals surface area contributed by atoms with Crippen LogP contribution in [0, 0.1) is 11.8 Å². The van der Waals surface area contributed by atoms with Crippen LogP contribution in [0.1, 0.15) is 93.1 Å². The number of aromatic hydroxyl groups is 1. The number of nitrogens with two attached hydrogens (primary N) is 3. The number of likely N-dealkylation sites (tertiary alicyclic amines) is 1. The number of aliphatic hydroxyl groups is 1. The van der Waals surface area contributed by atoms with Crippen LogP contribution in [0.2, 0.25) is 0 Å². The Morgan fingerprint density at radius 3 is 1.79 bits per heavy atom. The highest BCUT2D eigenvalue weighted by Gasteiger charge is 2.39. The van der Waals surface area contributed by atoms with Gasteiger partial charge in [0.05, 0.1) is 12.1 Å². The third-order valence-electron chi connectivity index (χ3n) is 10.9. The lowest BCUT2D eigenvalue weighted by Crippen LogP contribution is -2.62. The predicted octanol–water partition coefficient (Wildman–Crippen LogP) is -3.07. The van der Waals surface area contributed by atoms with Crippen LogP contribution < -0.4 is 54.4 Å². The van der Waals surface area contributed by atoms with Gasteiger partial charge in [-0.3, -0.25) is 48.1 Å². The van der Waals surface area contributed by atoms with Crippen molar-refractivity contribution in [1.29, 1.82) is 0 Å². The van der Waals surface area contributed by atoms with Crippen LogP contribution >= 0.6 is 0 Å². The number of nitrogens with one attached hydrogen (secondary N) is 7. The van der Waals surface area contributed by atoms with Crippen LogP contribution in [0.15, 0.2) is 29.3 Å². The standard InChI is InChI=1S/C44H72N12O12/c1-21(2)19-30(37(61)50-25(7)43(67)68)52-35(59)24(6)49-40(64)33(22(3)4)54-41(65)34(26(8)57)55-38(62)31(20-27-13-15-28(58)16-14-27)53-36(60)29(11-9-17-48-44(46)47)51-39(63)32-12-10-18-56(32)42(66)23(5)45/h13-16,21-26,29-34,57-58H,9-12,17-20,45H2,1-8H3,(H,49,64)(H,50,61)(H,51,63)(H,52,59)(H,53,60)(H,54,65)(H,55,62)(H,67,68)(H4,46,47,48)/t23-,24-,25-,26+,29-,30-,31-,32-,33-,34-/m0/s1. The lowest BCUT2D eigenvalue weighted by atomic mass is 10.0. The van der Waals surface area contributed by atoms with Gasteiger partial charge in [-0.25, -0.2) is 0 Å². The molecule has 0 aliphatic carbocycles. The molecular weight excluding hydrogens is 889 g/mol. The highest BCUT2D eigenvalue weighted by Crippen LogP contribution is 2.19. The Kier molecular flexibility index (Phi) is 23.1. The number of guanidine groups is 1. The average molecular weight is 961 g/mol. The van der Waals surface area contributed by atoms with Gasteiger partial charge >= 0.3 is 5.97 Å². The molecule has 1 fully saturated rings. The Hall–Kier alpha value is -6.56. The van der Waals surface area contributed by atoms with Gasteiger partial charge in [-0.05, 0) is 89.3 Å². The Balaban J connectivity index is 2.35. The maximum atomic E-state index is 14.2. The van der Waals surface area contributed by atoms with Gasteiger partial charge in [-0.2, -0.15) is 0 Å². The summed E-state index contributed by atoms with van der Waals surface area (Å²) in [5.41, 5.74) is 17.2. The molecule has 1 aliphatic heterocycles. The van der Waals surface area contributed by atoms with Crippen LogP contribution in [-0.2, 0) is 49.6 Å². The van der Waals surface area contributed by atoms with Gasteiger partial charge in [0, 0.05) is 19.5 Å². The van der Waals surface area contributed by atoms with Gasteiger partial charge in [0.25, 0.3) is 0 Å². The van der Waals surface area contributed by atoms with E-state index in [9.17, 15) is 58.5 Å². The summed E-state index contributed by atoms with van der Waals surface area (Å²) >= 11 is 0. The maximum Gasteiger partial charge on any atom is 0.325 e. The molecule has 2 rings (SSSR count). The maximum absolute atomic E-state index is 14.2. The van der Waals surface area contributed by atoms with Crippen molar-refractivity contribution in [3.05, 3.63) is 29.8 Å². The van der Waals surface area contributed by atoms with Gasteiger partial charge in [0.1, 0.15) is 54.1 Å². The molecule has 24 heteroatoms. The number of aliphatic hydroxyl groups excluding tert-OH is 1. The molecule has 1 aromatic rings. The van der Waals surface area contributed by atoms with Crippen molar-refractivity contribution in [1.82, 2.24) is 42.1 Å². The quantitative estimate of drug-likeness (QED) is 0.0249. The number of amides is 8. The molecule has 1 aromatic carbocycles. The first-order valence-electron chi connectivity index (χ1n) is 22.7. The first kappa shape index (κ1) is 57.6. The molecule has 0 radical (unpaired) electrons. The van der Waals surface area contributed by atoms with E-state index in [2.05, 4.69) is 42.2 Å². The van der Waals surface area contributed by atoms with Crippen molar-refractivity contribution in [2.75, 3.05) is 13.1 Å². The largest absolute Gasteiger partial charge is 0.508 e. The van der Waals surface area contributed by atoms with Crippen molar-refractivity contribution in [3.63, 3.8) is 0 Å². The number of aliphatic carboxylic acids is 1. The molecule has 0 bridgehead atoms. The van der Waals surface area contributed by atoms with Crippen molar-refractivity contribution in [3.8, 4) is 5.75 Å². The molecule has 8 amide bonds. The van der Waals surface area contributed by atoms with E-state index in [-0.39, 0.29) is 56.4 Å². The van der Waals surface area contributed by atoms with Gasteiger partial charge in [-0.15, -0.1) is 0 Å². The summed E-state index contributed by atoms with van der Waals surface area (Å²) in [6.45, 7) is 12.4. The number of hydrogen-bond acceptors (Lipinski definition) is 13. The molecule has 0 spiro atoms. The highest BCUT2D eigenvalue weighted by molar-refractivity contribution is 5.98. The van der Waals surface area contributed by atoms with Crippen molar-refractivity contribution >= 4 is 59.2 Å². The minimum atomic E-state index is -1.72. The fourth-order valence-electron chi connectivity index (χ4n) is 7.14. The Labute approximate surface area is 396 Å². The molecular formula is C44H72N12O12. The Bertz CT molecular complexity index is 1960. The van der Waals surface area contributed by atoms with Gasteiger partial charge < -0.3 is 74.6 Å². The molecule has 1 aliphatic rings. The fourth-order valence-corrected chi connectivity index (χ4v) is 7.14. The lowest BCUT2D eigenvalue weighted by molar-refractivity contribution is -0.142. The van der Waals surface area contributed by atoms with Gasteiger partial charge in [0.15, 0.2) is 5.96 Å². The van der Waals surface area contributed by atoms with E-state index in [1.807, 2.05) is 0 Å². The molecule has 68 heavy (non-hydrogen) atoms. The van der Waals surface area contributed by atoms with E-state index in [1.54, 1.807) is 27.7 Å². The van der Waals surface area contributed by atoms with Gasteiger partial charge in [0.2, 0.25) is 47.3 Å². The second-order valence-electron chi connectivity index (χ2n) is 17.9. The van der Waals surface area contributed by atoms with Crippen LogP contribution in [0.5, 0.6) is 5.75 Å². The highest BCUT2D eigenvalue weighted by atomic mass is 16.4. The number of carbonyl (C=O) groups excluding carboxylic acids is 8. The average Bonchev–Trinajstić information content (AvgIpc) is 3.75. The number of nitrogens with zero attached hydrogens (tertiary/aromatic N) is 2. The van der Waals surface area contributed by atoms with E-state index in [4.69, 9.17) is 17.2 Å². The lowest BCUT2D eigenvalue weighted by Gasteiger charge is -2.30. The van der Waals surface area contributed by atoms with E-state index in [0.717, 1.165) is 0 Å². The van der Waals surface area contributed by atoms with Crippen molar-refractivity contribution < 1.29 is 58.5 Å². The van der Waals surface area contributed by atoms with E-state index < -0.39 is 120 Å². The predicted molar refractivity (Wildman–Crippen MR) is 249 cm³/mol. The summed E-state index contributed by atoms with van der Waals surface area (Å²) in [7, 11) is 0. The first-order valence-corrected chi connectivity index (χ1v) is 22.7. The number of aliphatic imine (C=N–C) groups is 1. The number of carboxylic acid groups (broad SMARTS) is 1. The topological polar surface area (TPSA) is 392 Å². The molecule has 0 unspecified atom stereocenters. The zero-order chi connectivity index (χ0) is 51.6. The minimum Gasteiger partial charge on any atom is -0.508 e. The van der Waals surface area contributed by atoms with E-state index >= 15 is 0 Å². The third kappa shape index (κ3) is 18.6. The summed E-state index contributed by atoms with van der Waals surface area (Å²) in [6, 6.07) is -5.55. The number of phenolic OH excluding ortho intramolecular Hbond substituents is 1. The molecule has 16 N–H and O–H groups in total. The summed E-state index contributed by atoms with van der Waals surface area (Å²) in [5.74, 6) is -8.50. The minimum absolute atomic E-state index is 0.0204. The van der Waals surface area contributed by atoms with Crippen molar-refractivity contribution in [2.45, 2.75) is 154 Å². The summed E-state index contributed by atoms with van der Waals surface area (Å²) in [6.07, 6.45) is -0.639. The number of rotatable bonds is 26. The number of hydrogen-bond donors (Lipinski definition) is 13. The van der Waals surface area contributed by atoms with Gasteiger partial charge in [-0.1, -0.05) is 39.8 Å². The van der Waals surface area contributed by atoms with Crippen LogP contribution in [-0.4, -0.2) is 153 Å². The monoisotopic (exact) mass is 961 g/mol. The smallest absolute Gasteiger partial charge is 0.325 e. The summed E-state index contributed by atoms with van der Waals surface area (Å²) < 4.78 is 0.